The Labute approximate surface area is 118 Å². The van der Waals surface area contributed by atoms with Crippen LogP contribution in [0.4, 0.5) is 5.95 Å². The number of aryl methyl sites for hydroxylation is 1. The van der Waals surface area contributed by atoms with Gasteiger partial charge in [0.2, 0.25) is 5.95 Å². The summed E-state index contributed by atoms with van der Waals surface area (Å²) in [7, 11) is 0. The van der Waals surface area contributed by atoms with Gasteiger partial charge in [-0.1, -0.05) is 25.5 Å². The number of hydrogen-bond acceptors (Lipinski definition) is 4. The van der Waals surface area contributed by atoms with Crippen LogP contribution in [-0.2, 0) is 0 Å². The second-order valence-corrected chi connectivity index (χ2v) is 5.36. The monoisotopic (exact) mass is 269 g/mol. The topological polar surface area (TPSA) is 55.1 Å². The lowest BCUT2D eigenvalue weighted by Gasteiger charge is -2.11. The molecule has 0 bridgehead atoms. The molecule has 0 radical (unpaired) electrons. The summed E-state index contributed by atoms with van der Waals surface area (Å²) < 4.78 is 2.04. The summed E-state index contributed by atoms with van der Waals surface area (Å²) in [6.07, 6.45) is 0. The van der Waals surface area contributed by atoms with Crippen molar-refractivity contribution in [1.82, 2.24) is 19.6 Å². The first-order chi connectivity index (χ1) is 9.61. The van der Waals surface area contributed by atoms with Crippen LogP contribution in [0.15, 0.2) is 18.2 Å². The van der Waals surface area contributed by atoms with E-state index in [1.54, 1.807) is 0 Å². The molecule has 20 heavy (non-hydrogen) atoms. The fourth-order valence-corrected chi connectivity index (χ4v) is 2.42. The van der Waals surface area contributed by atoms with Gasteiger partial charge in [-0.05, 0) is 26.0 Å². The quantitative estimate of drug-likeness (QED) is 0.793. The number of anilines is 1. The standard InChI is InChI=1S/C15H19N5/c1-5-16-15-17-12-7-6-10(4)8-11(12)14-19-18-13(9(2)3)20(14)15/h6-9H,5H2,1-4H3,(H,16,17). The minimum absolute atomic E-state index is 0.298. The molecule has 2 heterocycles. The van der Waals surface area contributed by atoms with E-state index in [1.165, 1.54) is 5.56 Å². The van der Waals surface area contributed by atoms with Crippen LogP contribution in [-0.4, -0.2) is 26.1 Å². The molecule has 5 nitrogen and oxygen atoms in total. The van der Waals surface area contributed by atoms with Gasteiger partial charge in [-0.2, -0.15) is 0 Å². The van der Waals surface area contributed by atoms with Gasteiger partial charge in [0.1, 0.15) is 5.82 Å². The Hall–Kier alpha value is -2.17. The molecular weight excluding hydrogens is 250 g/mol. The molecule has 0 amide bonds. The lowest BCUT2D eigenvalue weighted by molar-refractivity contribution is 0.756. The van der Waals surface area contributed by atoms with E-state index < -0.39 is 0 Å². The van der Waals surface area contributed by atoms with E-state index in [0.29, 0.717) is 5.92 Å². The predicted molar refractivity (Wildman–Crippen MR) is 81.3 cm³/mol. The van der Waals surface area contributed by atoms with Crippen molar-refractivity contribution in [2.75, 3.05) is 11.9 Å². The molecule has 1 aromatic carbocycles. The molecule has 0 spiro atoms. The highest BCUT2D eigenvalue weighted by Gasteiger charge is 2.16. The molecule has 1 N–H and O–H groups in total. The van der Waals surface area contributed by atoms with E-state index in [-0.39, 0.29) is 0 Å². The summed E-state index contributed by atoms with van der Waals surface area (Å²) in [5.74, 6) is 2.05. The summed E-state index contributed by atoms with van der Waals surface area (Å²) >= 11 is 0. The largest absolute Gasteiger partial charge is 0.356 e. The molecule has 0 atom stereocenters. The third-order valence-electron chi connectivity index (χ3n) is 3.37. The zero-order valence-electron chi connectivity index (χ0n) is 12.3. The third-order valence-corrected chi connectivity index (χ3v) is 3.37. The van der Waals surface area contributed by atoms with E-state index in [2.05, 4.69) is 55.3 Å². The summed E-state index contributed by atoms with van der Waals surface area (Å²) in [6.45, 7) is 9.19. The molecule has 0 aliphatic heterocycles. The third kappa shape index (κ3) is 1.90. The van der Waals surface area contributed by atoms with Crippen LogP contribution in [0.2, 0.25) is 0 Å². The number of benzene rings is 1. The van der Waals surface area contributed by atoms with Crippen LogP contribution < -0.4 is 5.32 Å². The zero-order chi connectivity index (χ0) is 14.3. The van der Waals surface area contributed by atoms with E-state index in [4.69, 9.17) is 4.98 Å². The number of aromatic nitrogens is 4. The smallest absolute Gasteiger partial charge is 0.210 e. The molecule has 3 aromatic rings. The van der Waals surface area contributed by atoms with Crippen molar-refractivity contribution in [2.24, 2.45) is 0 Å². The normalized spacial score (nSPS) is 11.7. The maximum Gasteiger partial charge on any atom is 0.210 e. The molecule has 0 fully saturated rings. The van der Waals surface area contributed by atoms with Gasteiger partial charge in [-0.25, -0.2) is 9.38 Å². The lowest BCUT2D eigenvalue weighted by Crippen LogP contribution is -2.09. The fourth-order valence-electron chi connectivity index (χ4n) is 2.42. The van der Waals surface area contributed by atoms with Crippen molar-refractivity contribution in [3.8, 4) is 0 Å². The van der Waals surface area contributed by atoms with Crippen molar-refractivity contribution in [2.45, 2.75) is 33.6 Å². The average Bonchev–Trinajstić information content (AvgIpc) is 2.85. The Bertz CT molecular complexity index is 773. The number of rotatable bonds is 3. The second kappa shape index (κ2) is 4.74. The van der Waals surface area contributed by atoms with Crippen LogP contribution in [0.1, 0.15) is 38.1 Å². The molecule has 2 aromatic heterocycles. The van der Waals surface area contributed by atoms with E-state index >= 15 is 0 Å². The number of hydrogen-bond donors (Lipinski definition) is 1. The highest BCUT2D eigenvalue weighted by atomic mass is 15.3. The van der Waals surface area contributed by atoms with E-state index in [0.717, 1.165) is 34.9 Å². The average molecular weight is 269 g/mol. The van der Waals surface area contributed by atoms with Gasteiger partial charge in [-0.3, -0.25) is 0 Å². The first-order valence-electron chi connectivity index (χ1n) is 7.01. The van der Waals surface area contributed by atoms with Crippen molar-refractivity contribution >= 4 is 22.5 Å². The molecule has 3 rings (SSSR count). The summed E-state index contributed by atoms with van der Waals surface area (Å²) in [6, 6.07) is 6.22. The van der Waals surface area contributed by atoms with Crippen LogP contribution in [0.5, 0.6) is 0 Å². The van der Waals surface area contributed by atoms with Gasteiger partial charge in [0.25, 0.3) is 0 Å². The Morgan fingerprint density at radius 2 is 2.05 bits per heavy atom. The number of fused-ring (bicyclic) bond motifs is 3. The molecular formula is C15H19N5. The Kier molecular flexibility index (Phi) is 3.04. The van der Waals surface area contributed by atoms with E-state index in [9.17, 15) is 0 Å². The summed E-state index contributed by atoms with van der Waals surface area (Å²) in [4.78, 5) is 4.72. The molecule has 0 saturated carbocycles. The highest BCUT2D eigenvalue weighted by molar-refractivity contribution is 5.92. The first kappa shape index (κ1) is 12.8. The van der Waals surface area contributed by atoms with Crippen molar-refractivity contribution in [3.05, 3.63) is 29.6 Å². The van der Waals surface area contributed by atoms with Gasteiger partial charge < -0.3 is 5.32 Å². The predicted octanol–water partition coefficient (Wildman–Crippen LogP) is 3.14. The highest BCUT2D eigenvalue weighted by Crippen LogP contribution is 2.25. The Morgan fingerprint density at radius 3 is 2.75 bits per heavy atom. The lowest BCUT2D eigenvalue weighted by atomic mass is 10.1. The van der Waals surface area contributed by atoms with Gasteiger partial charge in [-0.15, -0.1) is 10.2 Å². The van der Waals surface area contributed by atoms with Crippen LogP contribution in [0, 0.1) is 6.92 Å². The maximum absolute atomic E-state index is 4.72. The number of nitrogens with zero attached hydrogens (tertiary/aromatic N) is 4. The summed E-state index contributed by atoms with van der Waals surface area (Å²) in [5, 5.41) is 13.1. The Morgan fingerprint density at radius 1 is 1.25 bits per heavy atom. The maximum atomic E-state index is 4.72. The number of nitrogens with one attached hydrogen (secondary N) is 1. The molecule has 104 valence electrons. The molecule has 0 aliphatic rings. The SMILES string of the molecule is CCNc1nc2ccc(C)cc2c2nnc(C(C)C)n12. The molecule has 0 aliphatic carbocycles. The van der Waals surface area contributed by atoms with Crippen LogP contribution in [0.3, 0.4) is 0 Å². The first-order valence-corrected chi connectivity index (χ1v) is 7.01. The van der Waals surface area contributed by atoms with Crippen molar-refractivity contribution in [3.63, 3.8) is 0 Å². The fraction of sp³-hybridized carbons (Fsp3) is 0.400. The zero-order valence-corrected chi connectivity index (χ0v) is 12.3. The van der Waals surface area contributed by atoms with Crippen LogP contribution in [0.25, 0.3) is 16.6 Å². The molecule has 5 heteroatoms. The molecule has 0 saturated heterocycles. The van der Waals surface area contributed by atoms with Gasteiger partial charge in [0.05, 0.1) is 5.52 Å². The van der Waals surface area contributed by atoms with Crippen molar-refractivity contribution < 1.29 is 0 Å². The van der Waals surface area contributed by atoms with Crippen LogP contribution >= 0.6 is 0 Å². The molecule has 0 unspecified atom stereocenters. The summed E-state index contributed by atoms with van der Waals surface area (Å²) in [5.41, 5.74) is 3.02. The van der Waals surface area contributed by atoms with Gasteiger partial charge in [0, 0.05) is 17.8 Å². The van der Waals surface area contributed by atoms with Crippen molar-refractivity contribution in [1.29, 1.82) is 0 Å². The van der Waals surface area contributed by atoms with E-state index in [1.807, 2.05) is 10.5 Å². The minimum atomic E-state index is 0.298. The van der Waals surface area contributed by atoms with Gasteiger partial charge in [0.15, 0.2) is 5.65 Å². The van der Waals surface area contributed by atoms with Gasteiger partial charge >= 0.3 is 0 Å². The minimum Gasteiger partial charge on any atom is -0.356 e. The Balaban J connectivity index is 2.43. The second-order valence-electron chi connectivity index (χ2n) is 5.36.